The number of ketones is 1. The molecule has 0 heterocycles. The van der Waals surface area contributed by atoms with Crippen molar-refractivity contribution in [1.29, 1.82) is 0 Å². The van der Waals surface area contributed by atoms with Crippen molar-refractivity contribution >= 4 is 17.7 Å². The third-order valence-corrected chi connectivity index (χ3v) is 10.0. The summed E-state index contributed by atoms with van der Waals surface area (Å²) in [6.07, 6.45) is 3.30. The molecule has 0 saturated heterocycles. The second-order valence-electron chi connectivity index (χ2n) is 11.8. The van der Waals surface area contributed by atoms with Crippen molar-refractivity contribution in [2.75, 3.05) is 7.11 Å². The first kappa shape index (κ1) is 26.7. The molecule has 6 heteroatoms. The summed E-state index contributed by atoms with van der Waals surface area (Å²) < 4.78 is 4.90. The number of aliphatic hydroxyl groups is 1. The summed E-state index contributed by atoms with van der Waals surface area (Å²) in [6, 6.07) is 0. The van der Waals surface area contributed by atoms with Crippen LogP contribution in [-0.4, -0.2) is 41.1 Å². The van der Waals surface area contributed by atoms with Crippen LogP contribution in [0, 0.1) is 34.0 Å². The standard InChI is InChI=1S/C28H42O6/c1-16(2)19-14-20(29)25-24(26(19,4)12-11-23(33)34-7)21(30)15-28(6)18(10-13-27(25,28)5)17(3)8-9-22(31)32/h17-20,29H,1,8-15H2,2-7H3,(H,31,32)/t17-,18-,19+,20+,26+,27+,28-/m1/s1. The molecule has 3 rings (SSSR count). The quantitative estimate of drug-likeness (QED) is 0.375. The Kier molecular flexibility index (Phi) is 7.25. The van der Waals surface area contributed by atoms with Crippen LogP contribution in [0.5, 0.6) is 0 Å². The Labute approximate surface area is 203 Å². The Hall–Kier alpha value is -1.95. The SMILES string of the molecule is C=C(C)[C@@H]1C[C@H](O)C2=C(C(=O)C[C@]3(C)[C@@H]([C@H](C)CCC(=O)O)CC[C@@]23C)[C@@]1(C)CCC(=O)OC. The van der Waals surface area contributed by atoms with Crippen LogP contribution >= 0.6 is 0 Å². The molecule has 6 nitrogen and oxygen atoms in total. The van der Waals surface area contributed by atoms with E-state index in [0.717, 1.165) is 24.0 Å². The zero-order valence-corrected chi connectivity index (χ0v) is 21.7. The lowest BCUT2D eigenvalue weighted by Gasteiger charge is -2.58. The molecule has 0 amide bonds. The summed E-state index contributed by atoms with van der Waals surface area (Å²) in [5.74, 6) is -0.756. The summed E-state index contributed by atoms with van der Waals surface area (Å²) in [7, 11) is 1.37. The fourth-order valence-corrected chi connectivity index (χ4v) is 7.98. The number of carbonyl (C=O) groups is 3. The Morgan fingerprint density at radius 2 is 1.88 bits per heavy atom. The number of aliphatic carboxylic acids is 1. The van der Waals surface area contributed by atoms with Crippen molar-refractivity contribution in [2.45, 2.75) is 92.1 Å². The molecule has 0 aromatic heterocycles. The van der Waals surface area contributed by atoms with Crippen LogP contribution in [0.25, 0.3) is 0 Å². The Morgan fingerprint density at radius 1 is 1.24 bits per heavy atom. The van der Waals surface area contributed by atoms with Crippen LogP contribution in [-0.2, 0) is 19.1 Å². The molecule has 0 unspecified atom stereocenters. The number of allylic oxidation sites excluding steroid dienone is 2. The van der Waals surface area contributed by atoms with Gasteiger partial charge in [0.1, 0.15) is 0 Å². The van der Waals surface area contributed by atoms with Crippen molar-refractivity contribution in [2.24, 2.45) is 34.0 Å². The molecule has 0 aromatic rings. The zero-order chi connectivity index (χ0) is 25.6. The third-order valence-electron chi connectivity index (χ3n) is 10.0. The fourth-order valence-electron chi connectivity index (χ4n) is 7.98. The summed E-state index contributed by atoms with van der Waals surface area (Å²) in [5, 5.41) is 20.7. The zero-order valence-electron chi connectivity index (χ0n) is 21.7. The van der Waals surface area contributed by atoms with Gasteiger partial charge in [-0.2, -0.15) is 0 Å². The molecule has 1 saturated carbocycles. The number of carboxylic acids is 1. The number of ether oxygens (including phenoxy) is 1. The number of esters is 1. The van der Waals surface area contributed by atoms with E-state index in [1.54, 1.807) is 0 Å². The van der Waals surface area contributed by atoms with Gasteiger partial charge in [0.25, 0.3) is 0 Å². The van der Waals surface area contributed by atoms with Crippen LogP contribution in [0.3, 0.4) is 0 Å². The normalized spacial score (nSPS) is 38.2. The van der Waals surface area contributed by atoms with Crippen molar-refractivity contribution in [3.8, 4) is 0 Å². The van der Waals surface area contributed by atoms with Gasteiger partial charge in [-0.15, -0.1) is 0 Å². The molecule has 0 radical (unpaired) electrons. The minimum absolute atomic E-state index is 0.0599. The van der Waals surface area contributed by atoms with E-state index >= 15 is 0 Å². The maximum atomic E-state index is 14.0. The highest BCUT2D eigenvalue weighted by Crippen LogP contribution is 2.70. The molecule has 190 valence electrons. The molecular weight excluding hydrogens is 432 g/mol. The molecule has 7 atom stereocenters. The van der Waals surface area contributed by atoms with Crippen molar-refractivity contribution in [3.63, 3.8) is 0 Å². The van der Waals surface area contributed by atoms with Crippen LogP contribution in [0.2, 0.25) is 0 Å². The smallest absolute Gasteiger partial charge is 0.305 e. The minimum atomic E-state index is -0.794. The predicted molar refractivity (Wildman–Crippen MR) is 130 cm³/mol. The second-order valence-corrected chi connectivity index (χ2v) is 11.8. The predicted octanol–water partition coefficient (Wildman–Crippen LogP) is 5.10. The van der Waals surface area contributed by atoms with E-state index in [2.05, 4.69) is 34.3 Å². The molecule has 3 aliphatic rings. The monoisotopic (exact) mass is 474 g/mol. The molecule has 0 aromatic carbocycles. The van der Waals surface area contributed by atoms with Gasteiger partial charge in [0, 0.05) is 30.3 Å². The largest absolute Gasteiger partial charge is 0.481 e. The summed E-state index contributed by atoms with van der Waals surface area (Å²) in [6.45, 7) is 14.7. The summed E-state index contributed by atoms with van der Waals surface area (Å²) in [5.41, 5.74) is 1.19. The highest BCUT2D eigenvalue weighted by atomic mass is 16.5. The van der Waals surface area contributed by atoms with E-state index in [1.807, 2.05) is 6.92 Å². The van der Waals surface area contributed by atoms with E-state index in [9.17, 15) is 24.6 Å². The van der Waals surface area contributed by atoms with Gasteiger partial charge in [0.2, 0.25) is 0 Å². The summed E-state index contributed by atoms with van der Waals surface area (Å²) in [4.78, 5) is 37.2. The summed E-state index contributed by atoms with van der Waals surface area (Å²) >= 11 is 0. The van der Waals surface area contributed by atoms with E-state index in [4.69, 9.17) is 4.74 Å². The van der Waals surface area contributed by atoms with Gasteiger partial charge in [-0.3, -0.25) is 14.4 Å². The molecule has 0 bridgehead atoms. The van der Waals surface area contributed by atoms with Crippen molar-refractivity contribution < 1.29 is 29.3 Å². The van der Waals surface area contributed by atoms with Crippen LogP contribution in [0.1, 0.15) is 86.0 Å². The lowest BCUT2D eigenvalue weighted by molar-refractivity contribution is -0.142. The first-order valence-electron chi connectivity index (χ1n) is 12.6. The van der Waals surface area contributed by atoms with Crippen LogP contribution in [0.4, 0.5) is 0 Å². The van der Waals surface area contributed by atoms with Gasteiger partial charge in [0.05, 0.1) is 13.2 Å². The molecule has 3 aliphatic carbocycles. The van der Waals surface area contributed by atoms with E-state index in [-0.39, 0.29) is 53.2 Å². The number of hydrogen-bond acceptors (Lipinski definition) is 5. The molecule has 0 aliphatic heterocycles. The third kappa shape index (κ3) is 4.06. The lowest BCUT2D eigenvalue weighted by atomic mass is 9.46. The van der Waals surface area contributed by atoms with E-state index in [0.29, 0.717) is 31.3 Å². The van der Waals surface area contributed by atoms with Crippen molar-refractivity contribution in [1.82, 2.24) is 0 Å². The molecular formula is C28H42O6. The average Bonchev–Trinajstić information content (AvgIpc) is 3.02. The second kappa shape index (κ2) is 9.25. The number of Topliss-reactive ketones (excluding diaryl/α,β-unsaturated/α-hetero) is 1. The van der Waals surface area contributed by atoms with Gasteiger partial charge >= 0.3 is 11.9 Å². The first-order chi connectivity index (χ1) is 15.7. The van der Waals surface area contributed by atoms with Gasteiger partial charge in [-0.25, -0.2) is 0 Å². The van der Waals surface area contributed by atoms with Gasteiger partial charge < -0.3 is 14.9 Å². The number of aliphatic hydroxyl groups excluding tert-OH is 1. The highest BCUT2D eigenvalue weighted by Gasteiger charge is 2.65. The van der Waals surface area contributed by atoms with E-state index < -0.39 is 17.5 Å². The Balaban J connectivity index is 2.11. The first-order valence-corrected chi connectivity index (χ1v) is 12.6. The molecule has 0 spiro atoms. The fraction of sp³-hybridized carbons (Fsp3) is 0.750. The Bertz CT molecular complexity index is 918. The van der Waals surface area contributed by atoms with Crippen molar-refractivity contribution in [3.05, 3.63) is 23.3 Å². The number of carbonyl (C=O) groups excluding carboxylic acids is 2. The Morgan fingerprint density at radius 3 is 2.44 bits per heavy atom. The van der Waals surface area contributed by atoms with Crippen LogP contribution < -0.4 is 0 Å². The molecule has 2 N–H and O–H groups in total. The van der Waals surface area contributed by atoms with Gasteiger partial charge in [0.15, 0.2) is 5.78 Å². The maximum Gasteiger partial charge on any atom is 0.305 e. The number of carboxylic acid groups (broad SMARTS) is 1. The van der Waals surface area contributed by atoms with Gasteiger partial charge in [-0.05, 0) is 73.2 Å². The average molecular weight is 475 g/mol. The highest BCUT2D eigenvalue weighted by molar-refractivity contribution is 6.00. The maximum absolute atomic E-state index is 14.0. The lowest BCUT2D eigenvalue weighted by Crippen LogP contribution is -2.54. The minimum Gasteiger partial charge on any atom is -0.481 e. The number of fused-ring (bicyclic) bond motifs is 2. The number of hydrogen-bond donors (Lipinski definition) is 2. The van der Waals surface area contributed by atoms with Crippen LogP contribution in [0.15, 0.2) is 23.3 Å². The number of rotatable bonds is 8. The molecule has 34 heavy (non-hydrogen) atoms. The molecule has 1 fully saturated rings. The number of methoxy groups -OCH3 is 1. The van der Waals surface area contributed by atoms with Gasteiger partial charge in [-0.1, -0.05) is 39.8 Å². The van der Waals surface area contributed by atoms with E-state index in [1.165, 1.54) is 7.11 Å². The topological polar surface area (TPSA) is 101 Å².